The van der Waals surface area contributed by atoms with E-state index in [1.165, 1.54) is 12.3 Å². The SMILES string of the molecule is CC(C)CNCc1coc(Oc2ccc(Br)c(F)c2)n1. The van der Waals surface area contributed by atoms with Crippen LogP contribution in [0.15, 0.2) is 33.4 Å². The topological polar surface area (TPSA) is 47.3 Å². The average molecular weight is 343 g/mol. The molecule has 1 heterocycles. The summed E-state index contributed by atoms with van der Waals surface area (Å²) in [6, 6.07) is 4.47. The second-order valence-electron chi connectivity index (χ2n) is 4.81. The highest BCUT2D eigenvalue weighted by Crippen LogP contribution is 2.25. The van der Waals surface area contributed by atoms with Gasteiger partial charge in [0.15, 0.2) is 0 Å². The summed E-state index contributed by atoms with van der Waals surface area (Å²) in [5.41, 5.74) is 0.748. The molecule has 0 saturated heterocycles. The fourth-order valence-corrected chi connectivity index (χ4v) is 1.79. The third-order valence-electron chi connectivity index (χ3n) is 2.49. The second kappa shape index (κ2) is 6.85. The molecule has 0 aliphatic rings. The molecule has 2 aromatic rings. The van der Waals surface area contributed by atoms with Crippen molar-refractivity contribution < 1.29 is 13.5 Å². The monoisotopic (exact) mass is 342 g/mol. The number of hydrogen-bond donors (Lipinski definition) is 1. The molecule has 0 unspecified atom stereocenters. The molecular formula is C14H16BrFN2O2. The van der Waals surface area contributed by atoms with Gasteiger partial charge in [0.05, 0.1) is 10.2 Å². The number of aromatic nitrogens is 1. The van der Waals surface area contributed by atoms with E-state index in [1.807, 2.05) is 0 Å². The van der Waals surface area contributed by atoms with Gasteiger partial charge in [0.25, 0.3) is 0 Å². The lowest BCUT2D eigenvalue weighted by Gasteiger charge is -2.04. The standard InChI is InChI=1S/C14H16BrFN2O2/c1-9(2)6-17-7-10-8-19-14(18-10)20-11-3-4-12(15)13(16)5-11/h3-5,8-9,17H,6-7H2,1-2H3. The van der Waals surface area contributed by atoms with Gasteiger partial charge in [-0.3, -0.25) is 0 Å². The van der Waals surface area contributed by atoms with Crippen LogP contribution in [-0.4, -0.2) is 11.5 Å². The number of benzene rings is 1. The normalized spacial score (nSPS) is 11.1. The maximum absolute atomic E-state index is 13.3. The van der Waals surface area contributed by atoms with Crippen LogP contribution in [0.4, 0.5) is 4.39 Å². The minimum Gasteiger partial charge on any atom is -0.417 e. The van der Waals surface area contributed by atoms with Crippen LogP contribution < -0.4 is 10.1 Å². The molecule has 4 nitrogen and oxygen atoms in total. The Morgan fingerprint density at radius 1 is 1.45 bits per heavy atom. The summed E-state index contributed by atoms with van der Waals surface area (Å²) in [6.45, 7) is 5.78. The Labute approximate surface area is 125 Å². The zero-order valence-electron chi connectivity index (χ0n) is 11.3. The van der Waals surface area contributed by atoms with Crippen molar-refractivity contribution in [1.82, 2.24) is 10.3 Å². The highest BCUT2D eigenvalue weighted by atomic mass is 79.9. The van der Waals surface area contributed by atoms with Crippen LogP contribution >= 0.6 is 15.9 Å². The number of hydrogen-bond acceptors (Lipinski definition) is 4. The molecule has 1 aromatic heterocycles. The van der Waals surface area contributed by atoms with Gasteiger partial charge < -0.3 is 14.5 Å². The summed E-state index contributed by atoms with van der Waals surface area (Å²) < 4.78 is 24.3. The minimum atomic E-state index is -0.395. The van der Waals surface area contributed by atoms with Crippen molar-refractivity contribution in [3.8, 4) is 11.8 Å². The Morgan fingerprint density at radius 2 is 2.25 bits per heavy atom. The lowest BCUT2D eigenvalue weighted by Crippen LogP contribution is -2.19. The van der Waals surface area contributed by atoms with Crippen molar-refractivity contribution in [2.75, 3.05) is 6.54 Å². The van der Waals surface area contributed by atoms with E-state index in [9.17, 15) is 4.39 Å². The first-order chi connectivity index (χ1) is 9.54. The summed E-state index contributed by atoms with van der Waals surface area (Å²) in [4.78, 5) is 4.17. The van der Waals surface area contributed by atoms with Gasteiger partial charge in [-0.1, -0.05) is 13.8 Å². The minimum absolute atomic E-state index is 0.105. The molecule has 0 atom stereocenters. The van der Waals surface area contributed by atoms with Gasteiger partial charge in [-0.05, 0) is 40.5 Å². The Morgan fingerprint density at radius 3 is 2.95 bits per heavy atom. The Balaban J connectivity index is 1.93. The van der Waals surface area contributed by atoms with E-state index < -0.39 is 5.82 Å². The number of halogens is 2. The second-order valence-corrected chi connectivity index (χ2v) is 5.66. The first-order valence-corrected chi connectivity index (χ1v) is 7.12. The summed E-state index contributed by atoms with van der Waals surface area (Å²) in [5.74, 6) is 0.519. The van der Waals surface area contributed by atoms with Crippen LogP contribution in [0.25, 0.3) is 0 Å². The quantitative estimate of drug-likeness (QED) is 0.857. The summed E-state index contributed by atoms with van der Waals surface area (Å²) in [6.07, 6.45) is 1.63. The first-order valence-electron chi connectivity index (χ1n) is 6.32. The Bertz CT molecular complexity index is 572. The number of oxazole rings is 1. The van der Waals surface area contributed by atoms with Gasteiger partial charge in [0.1, 0.15) is 17.8 Å². The van der Waals surface area contributed by atoms with Crippen molar-refractivity contribution in [2.24, 2.45) is 5.92 Å². The van der Waals surface area contributed by atoms with Crippen LogP contribution in [0, 0.1) is 11.7 Å². The Kier molecular flexibility index (Phi) is 5.14. The third kappa shape index (κ3) is 4.31. The number of ether oxygens (including phenoxy) is 1. The number of nitrogens with zero attached hydrogens (tertiary/aromatic N) is 1. The van der Waals surface area contributed by atoms with Crippen LogP contribution in [0.2, 0.25) is 0 Å². The molecule has 2 rings (SSSR count). The molecule has 0 saturated carbocycles. The van der Waals surface area contributed by atoms with Gasteiger partial charge in [-0.25, -0.2) is 4.39 Å². The molecule has 20 heavy (non-hydrogen) atoms. The molecule has 0 fully saturated rings. The molecule has 0 bridgehead atoms. The predicted octanol–water partition coefficient (Wildman–Crippen LogP) is 4.11. The van der Waals surface area contributed by atoms with Gasteiger partial charge in [0.2, 0.25) is 0 Å². The van der Waals surface area contributed by atoms with Crippen molar-refractivity contribution in [2.45, 2.75) is 20.4 Å². The van der Waals surface area contributed by atoms with Crippen molar-refractivity contribution in [3.63, 3.8) is 0 Å². The zero-order valence-corrected chi connectivity index (χ0v) is 12.9. The Hall–Kier alpha value is -1.40. The number of rotatable bonds is 6. The summed E-state index contributed by atoms with van der Waals surface area (Å²) in [7, 11) is 0. The highest BCUT2D eigenvalue weighted by molar-refractivity contribution is 9.10. The van der Waals surface area contributed by atoms with Crippen LogP contribution in [-0.2, 0) is 6.54 Å². The maximum atomic E-state index is 13.3. The van der Waals surface area contributed by atoms with E-state index in [0.29, 0.717) is 22.7 Å². The van der Waals surface area contributed by atoms with Crippen molar-refractivity contribution in [3.05, 3.63) is 40.4 Å². The zero-order chi connectivity index (χ0) is 14.5. The molecule has 0 aliphatic carbocycles. The van der Waals surface area contributed by atoms with E-state index in [2.05, 4.69) is 40.1 Å². The van der Waals surface area contributed by atoms with Gasteiger partial charge in [0, 0.05) is 12.6 Å². The van der Waals surface area contributed by atoms with E-state index in [-0.39, 0.29) is 6.08 Å². The van der Waals surface area contributed by atoms with Gasteiger partial charge in [-0.15, -0.1) is 0 Å². The molecule has 1 aromatic carbocycles. The largest absolute Gasteiger partial charge is 0.417 e. The lowest BCUT2D eigenvalue weighted by atomic mass is 10.2. The third-order valence-corrected chi connectivity index (χ3v) is 3.13. The van der Waals surface area contributed by atoms with Gasteiger partial charge >= 0.3 is 6.08 Å². The highest BCUT2D eigenvalue weighted by Gasteiger charge is 2.08. The molecular weight excluding hydrogens is 327 g/mol. The van der Waals surface area contributed by atoms with Gasteiger partial charge in [-0.2, -0.15) is 4.98 Å². The lowest BCUT2D eigenvalue weighted by molar-refractivity contribution is 0.329. The smallest absolute Gasteiger partial charge is 0.399 e. The van der Waals surface area contributed by atoms with Crippen LogP contribution in [0.5, 0.6) is 11.8 Å². The molecule has 0 amide bonds. The summed E-state index contributed by atoms with van der Waals surface area (Å²) in [5, 5.41) is 3.25. The fourth-order valence-electron chi connectivity index (χ4n) is 1.55. The first kappa shape index (κ1) is 15.0. The molecule has 0 radical (unpaired) electrons. The number of nitrogens with one attached hydrogen (secondary N) is 1. The van der Waals surface area contributed by atoms with Crippen molar-refractivity contribution >= 4 is 15.9 Å². The van der Waals surface area contributed by atoms with E-state index in [1.54, 1.807) is 12.1 Å². The molecule has 0 spiro atoms. The van der Waals surface area contributed by atoms with E-state index >= 15 is 0 Å². The summed E-state index contributed by atoms with van der Waals surface area (Å²) >= 11 is 3.08. The van der Waals surface area contributed by atoms with E-state index in [4.69, 9.17) is 9.15 Å². The maximum Gasteiger partial charge on any atom is 0.399 e. The molecule has 108 valence electrons. The van der Waals surface area contributed by atoms with Crippen LogP contribution in [0.3, 0.4) is 0 Å². The van der Waals surface area contributed by atoms with E-state index in [0.717, 1.165) is 12.2 Å². The fraction of sp³-hybridized carbons (Fsp3) is 0.357. The van der Waals surface area contributed by atoms with Crippen LogP contribution in [0.1, 0.15) is 19.5 Å². The molecule has 1 N–H and O–H groups in total. The molecule has 0 aliphatic heterocycles. The average Bonchev–Trinajstić information content (AvgIpc) is 2.81. The molecule has 6 heteroatoms. The predicted molar refractivity (Wildman–Crippen MR) is 77.2 cm³/mol. The van der Waals surface area contributed by atoms with Crippen molar-refractivity contribution in [1.29, 1.82) is 0 Å².